The highest BCUT2D eigenvalue weighted by molar-refractivity contribution is 7.97. The zero-order valence-electron chi connectivity index (χ0n) is 9.01. The highest BCUT2D eigenvalue weighted by atomic mass is 32.2. The van der Waals surface area contributed by atoms with Crippen LogP contribution < -0.4 is 4.72 Å². The molecular formula is C11H23NS. The van der Waals surface area contributed by atoms with Crippen LogP contribution >= 0.6 is 11.9 Å². The first kappa shape index (κ1) is 11.4. The van der Waals surface area contributed by atoms with Gasteiger partial charge in [0.15, 0.2) is 0 Å². The van der Waals surface area contributed by atoms with Gasteiger partial charge in [-0.3, -0.25) is 4.72 Å². The van der Waals surface area contributed by atoms with Crippen LogP contribution in [-0.2, 0) is 0 Å². The van der Waals surface area contributed by atoms with Crippen LogP contribution in [0.1, 0.15) is 52.4 Å². The monoisotopic (exact) mass is 201 g/mol. The van der Waals surface area contributed by atoms with Crippen LogP contribution in [0.3, 0.4) is 0 Å². The average molecular weight is 201 g/mol. The van der Waals surface area contributed by atoms with Crippen LogP contribution in [0, 0.1) is 5.92 Å². The predicted molar refractivity (Wildman–Crippen MR) is 61.9 cm³/mol. The topological polar surface area (TPSA) is 12.0 Å². The van der Waals surface area contributed by atoms with Gasteiger partial charge in [-0.1, -0.05) is 51.0 Å². The normalized spacial score (nSPS) is 21.7. The smallest absolute Gasteiger partial charge is 0.0146 e. The molecule has 1 nitrogen and oxygen atoms in total. The Morgan fingerprint density at radius 2 is 2.00 bits per heavy atom. The molecule has 2 heteroatoms. The van der Waals surface area contributed by atoms with Gasteiger partial charge in [-0.2, -0.15) is 0 Å². The predicted octanol–water partition coefficient (Wildman–Crippen LogP) is 3.60. The number of hydrogen-bond acceptors (Lipinski definition) is 2. The van der Waals surface area contributed by atoms with Gasteiger partial charge >= 0.3 is 0 Å². The molecule has 1 atom stereocenters. The minimum Gasteiger partial charge on any atom is -0.261 e. The Morgan fingerprint density at radius 3 is 2.62 bits per heavy atom. The van der Waals surface area contributed by atoms with Crippen molar-refractivity contribution >= 4 is 11.9 Å². The Hall–Kier alpha value is 0.310. The minimum absolute atomic E-state index is 0.702. The first-order chi connectivity index (χ1) is 6.33. The zero-order valence-corrected chi connectivity index (χ0v) is 9.83. The van der Waals surface area contributed by atoms with Crippen LogP contribution in [0.2, 0.25) is 0 Å². The van der Waals surface area contributed by atoms with Crippen molar-refractivity contribution in [1.29, 1.82) is 0 Å². The standard InChI is InChI=1S/C11H23NS/c1-3-13-12-10(2)9-11-7-5-4-6-8-11/h10-12H,3-9H2,1-2H3/t10-/m0/s1. The maximum absolute atomic E-state index is 3.50. The van der Waals surface area contributed by atoms with Gasteiger partial charge in [0, 0.05) is 11.8 Å². The largest absolute Gasteiger partial charge is 0.261 e. The van der Waals surface area contributed by atoms with E-state index in [1.165, 1.54) is 44.3 Å². The van der Waals surface area contributed by atoms with Gasteiger partial charge in [-0.15, -0.1) is 0 Å². The van der Waals surface area contributed by atoms with E-state index in [1.807, 2.05) is 11.9 Å². The quantitative estimate of drug-likeness (QED) is 0.682. The molecule has 0 radical (unpaired) electrons. The first-order valence-electron chi connectivity index (χ1n) is 5.70. The van der Waals surface area contributed by atoms with Gasteiger partial charge in [-0.25, -0.2) is 0 Å². The van der Waals surface area contributed by atoms with E-state index in [4.69, 9.17) is 0 Å². The lowest BCUT2D eigenvalue weighted by Crippen LogP contribution is -2.23. The van der Waals surface area contributed by atoms with Crippen molar-refractivity contribution in [2.24, 2.45) is 5.92 Å². The summed E-state index contributed by atoms with van der Waals surface area (Å²) >= 11 is 1.85. The second-order valence-electron chi connectivity index (χ2n) is 4.19. The van der Waals surface area contributed by atoms with Gasteiger partial charge in [0.25, 0.3) is 0 Å². The van der Waals surface area contributed by atoms with Crippen LogP contribution in [0.15, 0.2) is 0 Å². The summed E-state index contributed by atoms with van der Waals surface area (Å²) in [7, 11) is 0. The molecule has 1 aliphatic carbocycles. The van der Waals surface area contributed by atoms with E-state index >= 15 is 0 Å². The molecule has 0 unspecified atom stereocenters. The fourth-order valence-corrected chi connectivity index (χ4v) is 2.74. The highest BCUT2D eigenvalue weighted by Gasteiger charge is 2.15. The summed E-state index contributed by atoms with van der Waals surface area (Å²) in [6.45, 7) is 4.52. The summed E-state index contributed by atoms with van der Waals surface area (Å²) in [5.74, 6) is 2.18. The first-order valence-corrected chi connectivity index (χ1v) is 6.68. The SMILES string of the molecule is CCSN[C@@H](C)CC1CCCCC1. The van der Waals surface area contributed by atoms with Gasteiger partial charge < -0.3 is 0 Å². The molecular weight excluding hydrogens is 178 g/mol. The Bertz CT molecular complexity index is 121. The second kappa shape index (κ2) is 6.72. The number of nitrogens with one attached hydrogen (secondary N) is 1. The molecule has 13 heavy (non-hydrogen) atoms. The summed E-state index contributed by atoms with van der Waals surface area (Å²) in [6, 6.07) is 0.702. The molecule has 0 aromatic carbocycles. The van der Waals surface area contributed by atoms with E-state index in [9.17, 15) is 0 Å². The lowest BCUT2D eigenvalue weighted by molar-refractivity contribution is 0.318. The molecule has 0 aliphatic heterocycles. The number of hydrogen-bond donors (Lipinski definition) is 1. The molecule has 1 saturated carbocycles. The van der Waals surface area contributed by atoms with Crippen molar-refractivity contribution in [1.82, 2.24) is 4.72 Å². The second-order valence-corrected chi connectivity index (χ2v) is 5.29. The van der Waals surface area contributed by atoms with E-state index in [2.05, 4.69) is 18.6 Å². The van der Waals surface area contributed by atoms with E-state index in [0.29, 0.717) is 6.04 Å². The average Bonchev–Trinajstić information content (AvgIpc) is 2.16. The summed E-state index contributed by atoms with van der Waals surface area (Å²) in [5, 5.41) is 0. The number of rotatable bonds is 5. The Kier molecular flexibility index (Phi) is 5.88. The third-order valence-corrected chi connectivity index (χ3v) is 3.70. The van der Waals surface area contributed by atoms with Crippen LogP contribution in [-0.4, -0.2) is 11.8 Å². The fraction of sp³-hybridized carbons (Fsp3) is 1.00. The zero-order chi connectivity index (χ0) is 9.52. The highest BCUT2D eigenvalue weighted by Crippen LogP contribution is 2.27. The summed E-state index contributed by atoms with van der Waals surface area (Å²) in [4.78, 5) is 0. The third kappa shape index (κ3) is 4.92. The van der Waals surface area contributed by atoms with Gasteiger partial charge in [0.05, 0.1) is 0 Å². The molecule has 0 spiro atoms. The Morgan fingerprint density at radius 1 is 1.31 bits per heavy atom. The molecule has 0 saturated heterocycles. The minimum atomic E-state index is 0.702. The molecule has 1 rings (SSSR count). The molecule has 0 bridgehead atoms. The Balaban J connectivity index is 2.07. The fourth-order valence-electron chi connectivity index (χ4n) is 2.20. The summed E-state index contributed by atoms with van der Waals surface area (Å²) in [6.07, 6.45) is 8.75. The molecule has 0 aromatic heterocycles. The van der Waals surface area contributed by atoms with E-state index in [-0.39, 0.29) is 0 Å². The van der Waals surface area contributed by atoms with Crippen molar-refractivity contribution in [3.05, 3.63) is 0 Å². The van der Waals surface area contributed by atoms with E-state index < -0.39 is 0 Å². The third-order valence-electron chi connectivity index (χ3n) is 2.84. The molecule has 78 valence electrons. The molecule has 0 aromatic rings. The van der Waals surface area contributed by atoms with Gasteiger partial charge in [-0.05, 0) is 19.3 Å². The lowest BCUT2D eigenvalue weighted by atomic mass is 9.85. The molecule has 1 N–H and O–H groups in total. The van der Waals surface area contributed by atoms with Crippen molar-refractivity contribution in [2.75, 3.05) is 5.75 Å². The van der Waals surface area contributed by atoms with Crippen molar-refractivity contribution < 1.29 is 0 Å². The summed E-state index contributed by atoms with van der Waals surface area (Å²) in [5.41, 5.74) is 0. The van der Waals surface area contributed by atoms with Crippen molar-refractivity contribution in [3.8, 4) is 0 Å². The Labute approximate surface area is 87.2 Å². The maximum Gasteiger partial charge on any atom is 0.0146 e. The van der Waals surface area contributed by atoms with Crippen LogP contribution in [0.25, 0.3) is 0 Å². The molecule has 1 fully saturated rings. The van der Waals surface area contributed by atoms with Crippen molar-refractivity contribution in [2.45, 2.75) is 58.4 Å². The molecule has 1 aliphatic rings. The van der Waals surface area contributed by atoms with Crippen LogP contribution in [0.5, 0.6) is 0 Å². The summed E-state index contributed by atoms with van der Waals surface area (Å²) < 4.78 is 3.50. The maximum atomic E-state index is 3.50. The molecule has 0 amide bonds. The van der Waals surface area contributed by atoms with Gasteiger partial charge in [0.1, 0.15) is 0 Å². The van der Waals surface area contributed by atoms with Crippen LogP contribution in [0.4, 0.5) is 0 Å². The van der Waals surface area contributed by atoms with Crippen molar-refractivity contribution in [3.63, 3.8) is 0 Å². The van der Waals surface area contributed by atoms with E-state index in [0.717, 1.165) is 5.92 Å². The lowest BCUT2D eigenvalue weighted by Gasteiger charge is -2.24. The molecule has 0 heterocycles. The van der Waals surface area contributed by atoms with Gasteiger partial charge in [0.2, 0.25) is 0 Å². The van der Waals surface area contributed by atoms with E-state index in [1.54, 1.807) is 0 Å².